The fourth-order valence-electron chi connectivity index (χ4n) is 2.84. The third kappa shape index (κ3) is 4.38. The van der Waals surface area contributed by atoms with Crippen molar-refractivity contribution in [3.8, 4) is 5.69 Å². The zero-order valence-corrected chi connectivity index (χ0v) is 17.2. The molecule has 2 N–H and O–H groups in total. The second kappa shape index (κ2) is 8.42. The van der Waals surface area contributed by atoms with Gasteiger partial charge in [-0.25, -0.2) is 0 Å². The van der Waals surface area contributed by atoms with Crippen LogP contribution in [0.2, 0.25) is 9.36 Å². The number of nitrogens with zero attached hydrogens (tertiary/aromatic N) is 1. The van der Waals surface area contributed by atoms with E-state index in [0.717, 1.165) is 11.3 Å². The van der Waals surface area contributed by atoms with E-state index in [1.807, 2.05) is 30.3 Å². The summed E-state index contributed by atoms with van der Waals surface area (Å²) in [6.45, 7) is 0.320. The smallest absolute Gasteiger partial charge is 0.273 e. The summed E-state index contributed by atoms with van der Waals surface area (Å²) in [4.78, 5) is 30.3. The van der Waals surface area contributed by atoms with Gasteiger partial charge in [0.1, 0.15) is 11.1 Å². The van der Waals surface area contributed by atoms with Crippen LogP contribution in [0.25, 0.3) is 11.4 Å². The van der Waals surface area contributed by atoms with E-state index < -0.39 is 0 Å². The molecule has 1 aromatic carbocycles. The Labute approximate surface area is 180 Å². The third-order valence-corrected chi connectivity index (χ3v) is 5.81. The number of hydrogen-bond acceptors (Lipinski definition) is 5. The summed E-state index contributed by atoms with van der Waals surface area (Å²) >= 11 is 13.0. The van der Waals surface area contributed by atoms with Crippen LogP contribution in [0.3, 0.4) is 0 Å². The summed E-state index contributed by atoms with van der Waals surface area (Å²) in [5.41, 5.74) is 4.98. The number of carbonyl (C=O) groups excluding carboxylic acids is 1. The van der Waals surface area contributed by atoms with Crippen molar-refractivity contribution < 1.29 is 9.63 Å². The number of hydrogen-bond donors (Lipinski definition) is 2. The molecular formula is C20H15Cl2N3O3S. The zero-order chi connectivity index (χ0) is 20.4. The van der Waals surface area contributed by atoms with Gasteiger partial charge in [0.25, 0.3) is 11.5 Å². The molecule has 0 spiro atoms. The highest BCUT2D eigenvalue weighted by Gasteiger charge is 2.19. The van der Waals surface area contributed by atoms with Gasteiger partial charge in [-0.3, -0.25) is 24.5 Å². The minimum absolute atomic E-state index is 0.167. The van der Waals surface area contributed by atoms with Crippen LogP contribution in [0.15, 0.2) is 65.6 Å². The summed E-state index contributed by atoms with van der Waals surface area (Å²) in [5.74, 6) is -0.191. The van der Waals surface area contributed by atoms with Gasteiger partial charge in [-0.2, -0.15) is 0 Å². The van der Waals surface area contributed by atoms with Crippen LogP contribution >= 0.6 is 34.5 Å². The molecule has 148 valence electrons. The fraction of sp³-hybridized carbons (Fsp3) is 0.100. The van der Waals surface area contributed by atoms with E-state index >= 15 is 0 Å². The average Bonchev–Trinajstić information content (AvgIpc) is 3.38. The molecule has 0 aliphatic carbocycles. The van der Waals surface area contributed by atoms with E-state index in [0.29, 0.717) is 21.4 Å². The van der Waals surface area contributed by atoms with Gasteiger partial charge >= 0.3 is 0 Å². The van der Waals surface area contributed by atoms with Crippen molar-refractivity contribution in [1.82, 2.24) is 15.4 Å². The average molecular weight is 448 g/mol. The Morgan fingerprint density at radius 2 is 1.97 bits per heavy atom. The van der Waals surface area contributed by atoms with E-state index in [9.17, 15) is 9.59 Å². The molecule has 1 aliphatic rings. The van der Waals surface area contributed by atoms with Crippen LogP contribution in [-0.2, 0) is 4.84 Å². The topological polar surface area (TPSA) is 72.4 Å². The molecule has 3 heterocycles. The molecule has 0 fully saturated rings. The summed E-state index contributed by atoms with van der Waals surface area (Å²) < 4.78 is 2.05. The monoisotopic (exact) mass is 447 g/mol. The fourth-order valence-corrected chi connectivity index (χ4v) is 3.96. The number of thiophene rings is 1. The molecule has 9 heteroatoms. The van der Waals surface area contributed by atoms with Crippen LogP contribution in [0.5, 0.6) is 0 Å². The maximum absolute atomic E-state index is 12.1. The zero-order valence-electron chi connectivity index (χ0n) is 14.9. The second-order valence-electron chi connectivity index (χ2n) is 6.23. The summed E-state index contributed by atoms with van der Waals surface area (Å²) in [6, 6.07) is 14.0. The van der Waals surface area contributed by atoms with Crippen molar-refractivity contribution in [1.29, 1.82) is 0 Å². The van der Waals surface area contributed by atoms with Gasteiger partial charge in [-0.05, 0) is 48.0 Å². The summed E-state index contributed by atoms with van der Waals surface area (Å²) in [6.07, 6.45) is 3.25. The number of hydroxylamine groups is 1. The lowest BCUT2D eigenvalue weighted by Gasteiger charge is -2.09. The van der Waals surface area contributed by atoms with Crippen molar-refractivity contribution in [2.24, 2.45) is 0 Å². The summed E-state index contributed by atoms with van der Waals surface area (Å²) in [7, 11) is 0. The number of rotatable bonds is 5. The highest BCUT2D eigenvalue weighted by Crippen LogP contribution is 2.22. The predicted octanol–water partition coefficient (Wildman–Crippen LogP) is 3.88. The van der Waals surface area contributed by atoms with E-state index in [1.54, 1.807) is 30.5 Å². The van der Waals surface area contributed by atoms with Crippen molar-refractivity contribution in [3.05, 3.63) is 91.0 Å². The quantitative estimate of drug-likeness (QED) is 0.622. The Kier molecular flexibility index (Phi) is 5.73. The van der Waals surface area contributed by atoms with Gasteiger partial charge in [0.15, 0.2) is 0 Å². The van der Waals surface area contributed by atoms with Crippen LogP contribution < -0.4 is 16.4 Å². The Morgan fingerprint density at radius 3 is 2.69 bits per heavy atom. The predicted molar refractivity (Wildman–Crippen MR) is 115 cm³/mol. The van der Waals surface area contributed by atoms with E-state index in [-0.39, 0.29) is 22.6 Å². The van der Waals surface area contributed by atoms with Crippen molar-refractivity contribution in [3.63, 3.8) is 0 Å². The van der Waals surface area contributed by atoms with Gasteiger partial charge in [-0.1, -0.05) is 35.3 Å². The van der Waals surface area contributed by atoms with Gasteiger partial charge < -0.3 is 5.32 Å². The lowest BCUT2D eigenvalue weighted by molar-refractivity contribution is 0.0499. The molecule has 6 nitrogen and oxygen atoms in total. The number of halogens is 2. The van der Waals surface area contributed by atoms with Gasteiger partial charge in [0.2, 0.25) is 0 Å². The number of aromatic nitrogens is 1. The molecule has 1 aliphatic heterocycles. The minimum Gasteiger partial charge on any atom is -0.348 e. The number of amides is 1. The molecule has 29 heavy (non-hydrogen) atoms. The Morgan fingerprint density at radius 1 is 1.17 bits per heavy atom. The molecule has 0 saturated heterocycles. The van der Waals surface area contributed by atoms with Crippen molar-refractivity contribution in [2.45, 2.75) is 6.10 Å². The van der Waals surface area contributed by atoms with Crippen LogP contribution in [0, 0.1) is 0 Å². The molecule has 4 rings (SSSR count). The van der Waals surface area contributed by atoms with E-state index in [4.69, 9.17) is 28.0 Å². The van der Waals surface area contributed by atoms with Crippen molar-refractivity contribution >= 4 is 46.1 Å². The second-order valence-corrected chi connectivity index (χ2v) is 8.35. The molecule has 0 bridgehead atoms. The van der Waals surface area contributed by atoms with Gasteiger partial charge in [0.05, 0.1) is 21.5 Å². The largest absolute Gasteiger partial charge is 0.348 e. The van der Waals surface area contributed by atoms with Gasteiger partial charge in [0, 0.05) is 11.9 Å². The number of carbonyl (C=O) groups is 1. The number of nitrogens with one attached hydrogen (secondary N) is 2. The van der Waals surface area contributed by atoms with Gasteiger partial charge in [-0.15, -0.1) is 11.3 Å². The molecule has 0 radical (unpaired) electrons. The Bertz CT molecular complexity index is 1140. The molecule has 3 aromatic rings. The maximum atomic E-state index is 12.1. The highest BCUT2D eigenvalue weighted by molar-refractivity contribution is 7.18. The lowest BCUT2D eigenvalue weighted by atomic mass is 10.1. The maximum Gasteiger partial charge on any atom is 0.273 e. The van der Waals surface area contributed by atoms with Crippen molar-refractivity contribution in [2.75, 3.05) is 6.54 Å². The summed E-state index contributed by atoms with van der Waals surface area (Å²) in [5, 5.41) is 2.99. The lowest BCUT2D eigenvalue weighted by Crippen LogP contribution is -2.31. The molecule has 1 atom stereocenters. The first-order valence-electron chi connectivity index (χ1n) is 8.66. The first kappa shape index (κ1) is 19.7. The normalized spacial score (nSPS) is 15.7. The first-order valence-corrected chi connectivity index (χ1v) is 10.2. The third-order valence-electron chi connectivity index (χ3n) is 4.29. The molecule has 2 aromatic heterocycles. The standard InChI is InChI=1S/C20H15Cl2N3O3S/c21-15-2-1-9-25(20(15)27)13-5-3-12(4-6-13)16-10-14(28-24-16)11-23-19(26)17-7-8-18(22)29-17/h1-10,14,24H,11H2,(H,23,26). The SMILES string of the molecule is O=C(NCC1C=C(c2ccc(-n3cccc(Cl)c3=O)cc2)NO1)c1ccc(Cl)s1. The number of benzene rings is 1. The number of pyridine rings is 1. The molecule has 0 saturated carbocycles. The highest BCUT2D eigenvalue weighted by atomic mass is 35.5. The Balaban J connectivity index is 1.42. The minimum atomic E-state index is -0.306. The van der Waals surface area contributed by atoms with Crippen LogP contribution in [0.1, 0.15) is 15.2 Å². The molecule has 1 unspecified atom stereocenters. The van der Waals surface area contributed by atoms with Crippen LogP contribution in [-0.4, -0.2) is 23.1 Å². The Hall–Kier alpha value is -2.58. The van der Waals surface area contributed by atoms with E-state index in [1.165, 1.54) is 15.9 Å². The first-order chi connectivity index (χ1) is 14.0. The molecule has 1 amide bonds. The van der Waals surface area contributed by atoms with E-state index in [2.05, 4.69) is 10.8 Å². The van der Waals surface area contributed by atoms with Crippen LogP contribution in [0.4, 0.5) is 0 Å². The molecular weight excluding hydrogens is 433 g/mol.